The van der Waals surface area contributed by atoms with E-state index in [-0.39, 0.29) is 24.2 Å². The number of rotatable bonds is 1. The van der Waals surface area contributed by atoms with Crippen LogP contribution in [0.15, 0.2) is 18.2 Å². The molecule has 0 bridgehead atoms. The average Bonchev–Trinajstić information content (AvgIpc) is 2.71. The summed E-state index contributed by atoms with van der Waals surface area (Å²) < 4.78 is 0. The van der Waals surface area contributed by atoms with Crippen molar-refractivity contribution in [3.63, 3.8) is 0 Å². The van der Waals surface area contributed by atoms with Crippen LogP contribution in [0.3, 0.4) is 0 Å². The van der Waals surface area contributed by atoms with E-state index >= 15 is 0 Å². The Kier molecular flexibility index (Phi) is 3.35. The molecule has 0 unspecified atom stereocenters. The van der Waals surface area contributed by atoms with E-state index in [0.29, 0.717) is 11.1 Å². The van der Waals surface area contributed by atoms with Crippen LogP contribution in [0.4, 0.5) is 0 Å². The molecular weight excluding hydrogens is 296 g/mol. The van der Waals surface area contributed by atoms with E-state index in [9.17, 15) is 19.2 Å². The predicted octanol–water partition coefficient (Wildman–Crippen LogP) is 1.39. The molecule has 2 aliphatic heterocycles. The van der Waals surface area contributed by atoms with Gasteiger partial charge in [-0.2, -0.15) is 0 Å². The summed E-state index contributed by atoms with van der Waals surface area (Å²) in [5, 5.41) is 2.19. The molecule has 2 aliphatic rings. The molecule has 0 radical (unpaired) electrons. The van der Waals surface area contributed by atoms with Crippen LogP contribution in [-0.2, 0) is 15.0 Å². The van der Waals surface area contributed by atoms with Crippen LogP contribution in [0.25, 0.3) is 0 Å². The smallest absolute Gasteiger partial charge is 0.262 e. The van der Waals surface area contributed by atoms with Gasteiger partial charge in [0.25, 0.3) is 11.8 Å². The summed E-state index contributed by atoms with van der Waals surface area (Å²) in [6, 6.07) is 4.28. The second-order valence-electron chi connectivity index (χ2n) is 6.96. The summed E-state index contributed by atoms with van der Waals surface area (Å²) >= 11 is 0. The summed E-state index contributed by atoms with van der Waals surface area (Å²) in [6.07, 6.45) is 0.291. The second-order valence-corrected chi connectivity index (χ2v) is 6.96. The lowest BCUT2D eigenvalue weighted by Gasteiger charge is -2.27. The topological polar surface area (TPSA) is 83.6 Å². The minimum absolute atomic E-state index is 0.122. The number of amides is 4. The number of carbonyl (C=O) groups is 4. The molecule has 1 fully saturated rings. The zero-order valence-electron chi connectivity index (χ0n) is 13.3. The van der Waals surface area contributed by atoms with Crippen molar-refractivity contribution in [3.8, 4) is 0 Å². The third kappa shape index (κ3) is 2.44. The second kappa shape index (κ2) is 5.01. The van der Waals surface area contributed by atoms with Crippen LogP contribution in [0.5, 0.6) is 0 Å². The third-order valence-corrected chi connectivity index (χ3v) is 4.31. The SMILES string of the molecule is CC(C)(C)c1ccc2c(c1)C(=O)N([C@@H]1CCC(=O)NC1=O)C2=O. The molecule has 4 amide bonds. The molecule has 3 rings (SSSR count). The lowest BCUT2D eigenvalue weighted by atomic mass is 9.85. The Morgan fingerprint density at radius 1 is 1.04 bits per heavy atom. The Bertz CT molecular complexity index is 745. The van der Waals surface area contributed by atoms with Gasteiger partial charge in [-0.1, -0.05) is 26.8 Å². The highest BCUT2D eigenvalue weighted by molar-refractivity contribution is 6.23. The van der Waals surface area contributed by atoms with Crippen molar-refractivity contribution in [2.24, 2.45) is 0 Å². The lowest BCUT2D eigenvalue weighted by molar-refractivity contribution is -0.136. The van der Waals surface area contributed by atoms with Gasteiger partial charge in [0.2, 0.25) is 11.8 Å². The van der Waals surface area contributed by atoms with Crippen molar-refractivity contribution in [1.82, 2.24) is 10.2 Å². The Balaban J connectivity index is 1.98. The van der Waals surface area contributed by atoms with E-state index in [0.717, 1.165) is 10.5 Å². The molecule has 0 aromatic heterocycles. The predicted molar refractivity (Wildman–Crippen MR) is 81.8 cm³/mol. The summed E-state index contributed by atoms with van der Waals surface area (Å²) in [6.45, 7) is 6.07. The Hall–Kier alpha value is -2.50. The minimum Gasteiger partial charge on any atom is -0.295 e. The normalized spacial score (nSPS) is 21.5. The maximum Gasteiger partial charge on any atom is 0.262 e. The van der Waals surface area contributed by atoms with Gasteiger partial charge in [-0.05, 0) is 29.5 Å². The van der Waals surface area contributed by atoms with Crippen LogP contribution in [-0.4, -0.2) is 34.6 Å². The van der Waals surface area contributed by atoms with Crippen molar-refractivity contribution in [2.45, 2.75) is 45.1 Å². The number of benzene rings is 1. The molecule has 0 saturated carbocycles. The monoisotopic (exact) mass is 314 g/mol. The van der Waals surface area contributed by atoms with Crippen molar-refractivity contribution in [3.05, 3.63) is 34.9 Å². The fraction of sp³-hybridized carbons (Fsp3) is 0.412. The van der Waals surface area contributed by atoms with Crippen molar-refractivity contribution < 1.29 is 19.2 Å². The lowest BCUT2D eigenvalue weighted by Crippen LogP contribution is -2.54. The summed E-state index contributed by atoms with van der Waals surface area (Å²) in [7, 11) is 0. The largest absolute Gasteiger partial charge is 0.295 e. The Morgan fingerprint density at radius 2 is 1.70 bits per heavy atom. The summed E-state index contributed by atoms with van der Waals surface area (Å²) in [5.74, 6) is -1.91. The third-order valence-electron chi connectivity index (χ3n) is 4.31. The van der Waals surface area contributed by atoms with E-state index in [4.69, 9.17) is 0 Å². The molecule has 120 valence electrons. The van der Waals surface area contributed by atoms with Crippen molar-refractivity contribution in [1.29, 1.82) is 0 Å². The molecule has 6 heteroatoms. The fourth-order valence-electron chi connectivity index (χ4n) is 2.94. The first-order chi connectivity index (χ1) is 10.7. The summed E-state index contributed by atoms with van der Waals surface area (Å²) in [4.78, 5) is 49.4. The van der Waals surface area contributed by atoms with Crippen LogP contribution < -0.4 is 5.32 Å². The molecule has 6 nitrogen and oxygen atoms in total. The first-order valence-corrected chi connectivity index (χ1v) is 7.56. The minimum atomic E-state index is -0.918. The number of imide groups is 2. The van der Waals surface area contributed by atoms with Gasteiger partial charge in [0.1, 0.15) is 6.04 Å². The van der Waals surface area contributed by atoms with Gasteiger partial charge in [-0.25, -0.2) is 0 Å². The van der Waals surface area contributed by atoms with E-state index in [1.807, 2.05) is 26.8 Å². The van der Waals surface area contributed by atoms with Gasteiger partial charge in [-0.15, -0.1) is 0 Å². The van der Waals surface area contributed by atoms with Gasteiger partial charge in [0.05, 0.1) is 11.1 Å². The summed E-state index contributed by atoms with van der Waals surface area (Å²) in [5.41, 5.74) is 1.43. The standard InChI is InChI=1S/C17H18N2O4/c1-17(2,3)9-4-5-10-11(8-9)16(23)19(15(10)22)12-6-7-13(20)18-14(12)21/h4-5,8,12H,6-7H2,1-3H3,(H,18,20,21)/t12-/m1/s1. The van der Waals surface area contributed by atoms with Crippen LogP contribution in [0.2, 0.25) is 0 Å². The van der Waals surface area contributed by atoms with E-state index < -0.39 is 23.8 Å². The van der Waals surface area contributed by atoms with E-state index in [2.05, 4.69) is 5.32 Å². The van der Waals surface area contributed by atoms with Gasteiger partial charge >= 0.3 is 0 Å². The molecule has 2 heterocycles. The number of fused-ring (bicyclic) bond motifs is 1. The molecule has 1 atom stereocenters. The molecule has 1 aromatic rings. The molecular formula is C17H18N2O4. The highest BCUT2D eigenvalue weighted by Crippen LogP contribution is 2.31. The molecule has 1 aromatic carbocycles. The van der Waals surface area contributed by atoms with Crippen molar-refractivity contribution >= 4 is 23.6 Å². The number of piperidine rings is 1. The Morgan fingerprint density at radius 3 is 2.30 bits per heavy atom. The molecule has 23 heavy (non-hydrogen) atoms. The zero-order valence-corrected chi connectivity index (χ0v) is 13.3. The highest BCUT2D eigenvalue weighted by atomic mass is 16.2. The first-order valence-electron chi connectivity index (χ1n) is 7.56. The molecule has 1 saturated heterocycles. The fourth-order valence-corrected chi connectivity index (χ4v) is 2.94. The molecule has 1 N–H and O–H groups in total. The van der Waals surface area contributed by atoms with E-state index in [1.165, 1.54) is 0 Å². The Labute approximate surface area is 133 Å². The highest BCUT2D eigenvalue weighted by Gasteiger charge is 2.44. The van der Waals surface area contributed by atoms with Crippen LogP contribution in [0, 0.1) is 0 Å². The average molecular weight is 314 g/mol. The maximum absolute atomic E-state index is 12.7. The first kappa shape index (κ1) is 15.4. The number of hydrogen-bond acceptors (Lipinski definition) is 4. The van der Waals surface area contributed by atoms with Gasteiger partial charge < -0.3 is 0 Å². The zero-order chi connectivity index (χ0) is 16.9. The quantitative estimate of drug-likeness (QED) is 0.794. The number of carbonyl (C=O) groups excluding carboxylic acids is 4. The van der Waals surface area contributed by atoms with Gasteiger partial charge in [0.15, 0.2) is 0 Å². The van der Waals surface area contributed by atoms with Gasteiger partial charge in [0, 0.05) is 6.42 Å². The maximum atomic E-state index is 12.7. The number of hydrogen-bond donors (Lipinski definition) is 1. The molecule has 0 aliphatic carbocycles. The van der Waals surface area contributed by atoms with Crippen molar-refractivity contribution in [2.75, 3.05) is 0 Å². The van der Waals surface area contributed by atoms with E-state index in [1.54, 1.807) is 12.1 Å². The molecule has 0 spiro atoms. The van der Waals surface area contributed by atoms with Gasteiger partial charge in [-0.3, -0.25) is 29.4 Å². The van der Waals surface area contributed by atoms with Crippen LogP contribution in [0.1, 0.15) is 59.9 Å². The number of nitrogens with zero attached hydrogens (tertiary/aromatic N) is 1. The van der Waals surface area contributed by atoms with Crippen LogP contribution >= 0.6 is 0 Å². The number of nitrogens with one attached hydrogen (secondary N) is 1.